The van der Waals surface area contributed by atoms with Gasteiger partial charge in [-0.3, -0.25) is 4.79 Å². The minimum Gasteiger partial charge on any atom is -0.337 e. The average Bonchev–Trinajstić information content (AvgIpc) is 2.90. The topological polar surface area (TPSA) is 22.0 Å². The molecule has 3 rings (SSSR count). The Labute approximate surface area is 120 Å². The van der Waals surface area contributed by atoms with Crippen LogP contribution >= 0.6 is 0 Å². The Morgan fingerprint density at radius 3 is 2.62 bits per heavy atom. The molecule has 2 aromatic carbocycles. The van der Waals surface area contributed by atoms with Crippen molar-refractivity contribution in [2.45, 2.75) is 13.0 Å². The third-order valence-corrected chi connectivity index (χ3v) is 3.62. The van der Waals surface area contributed by atoms with E-state index in [0.717, 1.165) is 23.0 Å². The zero-order chi connectivity index (χ0) is 15.0. The number of para-hydroxylation sites is 1. The molecule has 0 amide bonds. The Hall–Kier alpha value is -2.49. The lowest BCUT2D eigenvalue weighted by molar-refractivity contribution is 0.0933. The number of hydrogen-bond acceptors (Lipinski definition) is 1. The normalized spacial score (nSPS) is 12.5. The molecule has 106 valence electrons. The number of nitrogens with zero attached hydrogens (tertiary/aromatic N) is 1. The van der Waals surface area contributed by atoms with Crippen LogP contribution in [0.4, 0.5) is 8.78 Å². The largest absolute Gasteiger partial charge is 0.337 e. The Balaban J connectivity index is 2.01. The molecule has 21 heavy (non-hydrogen) atoms. The van der Waals surface area contributed by atoms with Gasteiger partial charge < -0.3 is 4.57 Å². The maximum absolute atomic E-state index is 13.7. The number of benzene rings is 2. The molecule has 2 nitrogen and oxygen atoms in total. The van der Waals surface area contributed by atoms with Crippen LogP contribution in [0.3, 0.4) is 0 Å². The highest BCUT2D eigenvalue weighted by molar-refractivity contribution is 6.00. The smallest absolute Gasteiger partial charge is 0.188 e. The monoisotopic (exact) mass is 285 g/mol. The van der Waals surface area contributed by atoms with Gasteiger partial charge in [-0.25, -0.2) is 8.78 Å². The molecule has 0 spiro atoms. The van der Waals surface area contributed by atoms with Crippen molar-refractivity contribution >= 4 is 16.7 Å². The van der Waals surface area contributed by atoms with E-state index >= 15 is 0 Å². The van der Waals surface area contributed by atoms with Gasteiger partial charge in [0.05, 0.1) is 11.6 Å². The second-order valence-electron chi connectivity index (χ2n) is 4.95. The Kier molecular flexibility index (Phi) is 3.29. The van der Waals surface area contributed by atoms with Crippen molar-refractivity contribution in [3.05, 3.63) is 71.9 Å². The Bertz CT molecular complexity index is 823. The maximum Gasteiger partial charge on any atom is 0.188 e. The summed E-state index contributed by atoms with van der Waals surface area (Å²) in [5, 5.41) is 1.01. The number of ketones is 1. The summed E-state index contributed by atoms with van der Waals surface area (Å²) < 4.78 is 28.5. The third kappa shape index (κ3) is 2.33. The molecule has 0 aliphatic rings. The number of rotatable bonds is 3. The summed E-state index contributed by atoms with van der Waals surface area (Å²) in [6, 6.07) is 12.0. The Morgan fingerprint density at radius 2 is 1.86 bits per heavy atom. The van der Waals surface area contributed by atoms with E-state index in [1.54, 1.807) is 17.7 Å². The van der Waals surface area contributed by atoms with Crippen molar-refractivity contribution in [3.63, 3.8) is 0 Å². The van der Waals surface area contributed by atoms with Crippen LogP contribution in [-0.4, -0.2) is 10.4 Å². The molecule has 4 heteroatoms. The highest BCUT2D eigenvalue weighted by Crippen LogP contribution is 2.23. The molecule has 0 saturated heterocycles. The average molecular weight is 285 g/mol. The quantitative estimate of drug-likeness (QED) is 0.655. The number of fused-ring (bicyclic) bond motifs is 1. The van der Waals surface area contributed by atoms with E-state index < -0.39 is 17.7 Å². The van der Waals surface area contributed by atoms with Gasteiger partial charge in [0, 0.05) is 17.8 Å². The van der Waals surface area contributed by atoms with Crippen LogP contribution in [0.2, 0.25) is 0 Å². The molecule has 0 radical (unpaired) electrons. The lowest BCUT2D eigenvalue weighted by Crippen LogP contribution is -2.17. The summed E-state index contributed by atoms with van der Waals surface area (Å²) in [5.41, 5.74) is 0.808. The zero-order valence-electron chi connectivity index (χ0n) is 11.4. The van der Waals surface area contributed by atoms with Gasteiger partial charge in [-0.2, -0.15) is 0 Å². The number of Topliss-reactive ketones (excluding diaryl/α,β-unsaturated/α-hetero) is 1. The van der Waals surface area contributed by atoms with Crippen LogP contribution in [0, 0.1) is 11.6 Å². The molecule has 1 unspecified atom stereocenters. The molecular weight excluding hydrogens is 272 g/mol. The van der Waals surface area contributed by atoms with E-state index in [1.165, 1.54) is 6.07 Å². The predicted molar refractivity (Wildman–Crippen MR) is 77.3 cm³/mol. The van der Waals surface area contributed by atoms with Gasteiger partial charge in [0.1, 0.15) is 11.6 Å². The van der Waals surface area contributed by atoms with Crippen LogP contribution < -0.4 is 0 Å². The first-order valence-electron chi connectivity index (χ1n) is 6.63. The molecular formula is C17H13F2NO. The van der Waals surface area contributed by atoms with Crippen LogP contribution in [0.1, 0.15) is 23.3 Å². The number of halogens is 2. The molecule has 0 aliphatic heterocycles. The van der Waals surface area contributed by atoms with Gasteiger partial charge in [-0.1, -0.05) is 18.2 Å². The van der Waals surface area contributed by atoms with Crippen molar-refractivity contribution in [2.24, 2.45) is 0 Å². The first-order chi connectivity index (χ1) is 10.1. The number of aromatic nitrogens is 1. The summed E-state index contributed by atoms with van der Waals surface area (Å²) in [7, 11) is 0. The molecule has 1 aromatic heterocycles. The summed E-state index contributed by atoms with van der Waals surface area (Å²) in [6.07, 6.45) is 1.80. The summed E-state index contributed by atoms with van der Waals surface area (Å²) in [4.78, 5) is 12.4. The van der Waals surface area contributed by atoms with Gasteiger partial charge in [0.15, 0.2) is 5.78 Å². The summed E-state index contributed by atoms with van der Waals surface area (Å²) in [5.74, 6) is -1.90. The fourth-order valence-electron chi connectivity index (χ4n) is 2.48. The molecule has 3 aromatic rings. The summed E-state index contributed by atoms with van der Waals surface area (Å²) >= 11 is 0. The Morgan fingerprint density at radius 1 is 1.10 bits per heavy atom. The number of hydrogen-bond donors (Lipinski definition) is 0. The van der Waals surface area contributed by atoms with Crippen LogP contribution in [0.5, 0.6) is 0 Å². The fraction of sp³-hybridized carbons (Fsp3) is 0.118. The van der Waals surface area contributed by atoms with Gasteiger partial charge in [-0.15, -0.1) is 0 Å². The second-order valence-corrected chi connectivity index (χ2v) is 4.95. The molecule has 0 bridgehead atoms. The second kappa shape index (κ2) is 5.13. The van der Waals surface area contributed by atoms with E-state index in [4.69, 9.17) is 0 Å². The van der Waals surface area contributed by atoms with Gasteiger partial charge in [-0.05, 0) is 36.6 Å². The van der Waals surface area contributed by atoms with Crippen LogP contribution in [-0.2, 0) is 0 Å². The first-order valence-corrected chi connectivity index (χ1v) is 6.63. The van der Waals surface area contributed by atoms with Crippen LogP contribution in [0.15, 0.2) is 54.7 Å². The van der Waals surface area contributed by atoms with Crippen molar-refractivity contribution in [3.8, 4) is 0 Å². The first kappa shape index (κ1) is 13.5. The van der Waals surface area contributed by atoms with Gasteiger partial charge in [0.25, 0.3) is 0 Å². The lowest BCUT2D eigenvalue weighted by Gasteiger charge is -2.14. The number of carbonyl (C=O) groups excluding carboxylic acids is 1. The molecule has 0 fully saturated rings. The zero-order valence-corrected chi connectivity index (χ0v) is 11.4. The molecule has 1 atom stereocenters. The molecule has 0 saturated carbocycles. The van der Waals surface area contributed by atoms with Crippen molar-refractivity contribution < 1.29 is 13.6 Å². The molecule has 0 N–H and O–H groups in total. The highest BCUT2D eigenvalue weighted by Gasteiger charge is 2.21. The molecule has 1 heterocycles. The van der Waals surface area contributed by atoms with E-state index in [2.05, 4.69) is 0 Å². The SMILES string of the molecule is CC(C(=O)c1ccc(F)cc1F)n1ccc2ccccc21. The van der Waals surface area contributed by atoms with E-state index in [1.807, 2.05) is 30.3 Å². The fourth-order valence-corrected chi connectivity index (χ4v) is 2.48. The van der Waals surface area contributed by atoms with E-state index in [9.17, 15) is 13.6 Å². The minimum atomic E-state index is -0.830. The van der Waals surface area contributed by atoms with Crippen molar-refractivity contribution in [1.82, 2.24) is 4.57 Å². The van der Waals surface area contributed by atoms with E-state index in [-0.39, 0.29) is 11.3 Å². The molecule has 0 aliphatic carbocycles. The third-order valence-electron chi connectivity index (χ3n) is 3.62. The van der Waals surface area contributed by atoms with Crippen molar-refractivity contribution in [2.75, 3.05) is 0 Å². The predicted octanol–water partition coefficient (Wildman–Crippen LogP) is 4.36. The van der Waals surface area contributed by atoms with Gasteiger partial charge >= 0.3 is 0 Å². The van der Waals surface area contributed by atoms with Crippen molar-refractivity contribution in [1.29, 1.82) is 0 Å². The lowest BCUT2D eigenvalue weighted by atomic mass is 10.0. The number of carbonyl (C=O) groups is 1. The van der Waals surface area contributed by atoms with Crippen LogP contribution in [0.25, 0.3) is 10.9 Å². The highest BCUT2D eigenvalue weighted by atomic mass is 19.1. The van der Waals surface area contributed by atoms with Gasteiger partial charge in [0.2, 0.25) is 0 Å². The maximum atomic E-state index is 13.7. The summed E-state index contributed by atoms with van der Waals surface area (Å²) in [6.45, 7) is 1.71. The minimum absolute atomic E-state index is 0.0957. The standard InChI is InChI=1S/C17H13F2NO/c1-11(17(21)14-7-6-13(18)10-15(14)19)20-9-8-12-4-2-3-5-16(12)20/h2-11H,1H3. The van der Waals surface area contributed by atoms with E-state index in [0.29, 0.717) is 0 Å².